The van der Waals surface area contributed by atoms with E-state index in [-0.39, 0.29) is 22.1 Å². The second-order valence-electron chi connectivity index (χ2n) is 6.71. The van der Waals surface area contributed by atoms with Gasteiger partial charge in [0, 0.05) is 10.8 Å². The van der Waals surface area contributed by atoms with Crippen LogP contribution in [-0.4, -0.2) is 28.7 Å². The molecule has 0 aliphatic rings. The molecule has 2 aromatic carbocycles. The number of anilines is 1. The lowest BCUT2D eigenvalue weighted by Gasteiger charge is -2.20. The van der Waals surface area contributed by atoms with Crippen molar-refractivity contribution in [1.29, 1.82) is 0 Å². The largest absolute Gasteiger partial charge is 0.520 e. The molecule has 0 radical (unpaired) electrons. The first-order chi connectivity index (χ1) is 13.2. The molecule has 3 N–H and O–H groups in total. The van der Waals surface area contributed by atoms with Crippen LogP contribution in [0.2, 0.25) is 0 Å². The molecule has 0 spiro atoms. The van der Waals surface area contributed by atoms with Crippen LogP contribution in [0.5, 0.6) is 11.5 Å². The highest BCUT2D eigenvalue weighted by Gasteiger charge is 2.28. The number of nitrogens with zero attached hydrogens (tertiary/aromatic N) is 2. The van der Waals surface area contributed by atoms with Crippen LogP contribution in [0.4, 0.5) is 17.1 Å². The SMILES string of the molecule is [C-]#[N+]c1c([N+]#[C-])c(O)c2c(NC(=O)COC(=O)C(C)(C)CC)cccc2c1O. The summed E-state index contributed by atoms with van der Waals surface area (Å²) in [6, 6.07) is 4.42. The van der Waals surface area contributed by atoms with E-state index in [1.54, 1.807) is 13.8 Å². The van der Waals surface area contributed by atoms with E-state index in [9.17, 15) is 19.8 Å². The summed E-state index contributed by atoms with van der Waals surface area (Å²) in [6.45, 7) is 19.0. The molecule has 0 heterocycles. The van der Waals surface area contributed by atoms with Crippen LogP contribution in [0, 0.1) is 18.6 Å². The Balaban J connectivity index is 2.38. The summed E-state index contributed by atoms with van der Waals surface area (Å²) < 4.78 is 5.03. The number of esters is 1. The van der Waals surface area contributed by atoms with Gasteiger partial charge >= 0.3 is 5.97 Å². The topological polar surface area (TPSA) is 105 Å². The van der Waals surface area contributed by atoms with Gasteiger partial charge in [-0.1, -0.05) is 19.1 Å². The van der Waals surface area contributed by atoms with Gasteiger partial charge in [-0.15, -0.1) is 0 Å². The van der Waals surface area contributed by atoms with Gasteiger partial charge in [-0.3, -0.25) is 9.59 Å². The summed E-state index contributed by atoms with van der Waals surface area (Å²) in [5.41, 5.74) is -1.37. The van der Waals surface area contributed by atoms with Crippen LogP contribution >= 0.6 is 0 Å². The minimum Gasteiger partial charge on any atom is -0.520 e. The highest BCUT2D eigenvalue weighted by Crippen LogP contribution is 2.51. The van der Waals surface area contributed by atoms with Gasteiger partial charge in [-0.25, -0.2) is 9.69 Å². The molecule has 0 aromatic heterocycles. The fraction of sp³-hybridized carbons (Fsp3) is 0.300. The third-order valence-electron chi connectivity index (χ3n) is 4.50. The summed E-state index contributed by atoms with van der Waals surface area (Å²) in [5.74, 6) is -2.14. The van der Waals surface area contributed by atoms with Crippen LogP contribution in [0.15, 0.2) is 18.2 Å². The number of ether oxygens (including phenoxy) is 1. The van der Waals surface area contributed by atoms with Gasteiger partial charge in [0.15, 0.2) is 6.61 Å². The maximum atomic E-state index is 12.2. The Hall–Kier alpha value is -3.78. The summed E-state index contributed by atoms with van der Waals surface area (Å²) in [7, 11) is 0. The van der Waals surface area contributed by atoms with Gasteiger partial charge in [0.25, 0.3) is 5.91 Å². The van der Waals surface area contributed by atoms with E-state index in [1.165, 1.54) is 18.2 Å². The molecule has 0 unspecified atom stereocenters. The number of phenolic OH excluding ortho intramolecular Hbond substituents is 2. The number of amides is 1. The molecule has 0 saturated heterocycles. The average molecular weight is 381 g/mol. The number of phenols is 2. The van der Waals surface area contributed by atoms with E-state index >= 15 is 0 Å². The molecule has 8 heteroatoms. The van der Waals surface area contributed by atoms with E-state index < -0.39 is 41.1 Å². The predicted molar refractivity (Wildman–Crippen MR) is 103 cm³/mol. The van der Waals surface area contributed by atoms with Crippen LogP contribution in [0.1, 0.15) is 27.2 Å². The van der Waals surface area contributed by atoms with Crippen molar-refractivity contribution in [2.45, 2.75) is 27.2 Å². The molecule has 2 aromatic rings. The number of nitrogens with one attached hydrogen (secondary N) is 1. The smallest absolute Gasteiger partial charge is 0.312 e. The van der Waals surface area contributed by atoms with Crippen LogP contribution in [0.3, 0.4) is 0 Å². The van der Waals surface area contributed by atoms with E-state index in [2.05, 4.69) is 15.0 Å². The second kappa shape index (κ2) is 7.85. The van der Waals surface area contributed by atoms with Gasteiger partial charge < -0.3 is 20.3 Å². The molecule has 0 aliphatic carbocycles. The zero-order valence-corrected chi connectivity index (χ0v) is 15.7. The normalized spacial score (nSPS) is 10.8. The maximum Gasteiger partial charge on any atom is 0.312 e. The number of carbonyl (C=O) groups is 2. The molecule has 0 fully saturated rings. The van der Waals surface area contributed by atoms with Gasteiger partial charge in [-0.2, -0.15) is 0 Å². The number of benzene rings is 2. The fourth-order valence-electron chi connectivity index (χ4n) is 2.45. The first-order valence-corrected chi connectivity index (χ1v) is 8.40. The number of carbonyl (C=O) groups excluding carboxylic acids is 2. The van der Waals surface area contributed by atoms with Crippen molar-refractivity contribution in [3.8, 4) is 11.5 Å². The molecule has 8 nitrogen and oxygen atoms in total. The third-order valence-corrected chi connectivity index (χ3v) is 4.50. The molecule has 2 rings (SSSR count). The van der Waals surface area contributed by atoms with E-state index in [0.717, 1.165) is 0 Å². The van der Waals surface area contributed by atoms with Crippen molar-refractivity contribution >= 4 is 39.7 Å². The molecule has 144 valence electrons. The lowest BCUT2D eigenvalue weighted by Crippen LogP contribution is -2.29. The summed E-state index contributed by atoms with van der Waals surface area (Å²) in [4.78, 5) is 30.4. The number of rotatable bonds is 5. The zero-order valence-electron chi connectivity index (χ0n) is 15.7. The lowest BCUT2D eigenvalue weighted by molar-refractivity contribution is -0.156. The summed E-state index contributed by atoms with van der Waals surface area (Å²) in [6.07, 6.45) is 0.548. The van der Waals surface area contributed by atoms with Gasteiger partial charge in [0.2, 0.25) is 11.4 Å². The highest BCUT2D eigenvalue weighted by atomic mass is 16.5. The van der Waals surface area contributed by atoms with Crippen LogP contribution in [0.25, 0.3) is 20.5 Å². The fourth-order valence-corrected chi connectivity index (χ4v) is 2.45. The Morgan fingerprint density at radius 2 is 1.75 bits per heavy atom. The lowest BCUT2D eigenvalue weighted by atomic mass is 9.91. The van der Waals surface area contributed by atoms with Crippen molar-refractivity contribution in [3.05, 3.63) is 41.0 Å². The maximum absolute atomic E-state index is 12.2. The van der Waals surface area contributed by atoms with Crippen LogP contribution < -0.4 is 5.32 Å². The quantitative estimate of drug-likeness (QED) is 0.408. The summed E-state index contributed by atoms with van der Waals surface area (Å²) in [5, 5.41) is 23.3. The molecular weight excluding hydrogens is 362 g/mol. The Kier molecular flexibility index (Phi) is 5.75. The number of hydrogen-bond acceptors (Lipinski definition) is 5. The first-order valence-electron chi connectivity index (χ1n) is 8.40. The Morgan fingerprint density at radius 3 is 2.32 bits per heavy atom. The third kappa shape index (κ3) is 3.67. The number of aromatic hydroxyl groups is 2. The van der Waals surface area contributed by atoms with Gasteiger partial charge in [0.05, 0.1) is 24.2 Å². The standard InChI is InChI=1S/C20H19N3O5/c1-6-20(2,3)19(27)28-10-13(24)23-12-9-7-8-11-14(12)18(26)16(22-5)15(21-4)17(11)25/h7-9,25-26H,6,10H2,1-3H3,(H,23,24). The molecule has 0 bridgehead atoms. The first kappa shape index (κ1) is 20.5. The van der Waals surface area contributed by atoms with Crippen molar-refractivity contribution in [2.75, 3.05) is 11.9 Å². The molecule has 0 saturated carbocycles. The minimum atomic E-state index is -0.718. The molecule has 0 atom stereocenters. The number of fused-ring (bicyclic) bond motifs is 1. The van der Waals surface area contributed by atoms with E-state index in [4.69, 9.17) is 17.9 Å². The van der Waals surface area contributed by atoms with Crippen LogP contribution in [-0.2, 0) is 14.3 Å². The van der Waals surface area contributed by atoms with Crippen molar-refractivity contribution in [2.24, 2.45) is 5.41 Å². The zero-order chi connectivity index (χ0) is 21.1. The molecule has 0 aliphatic heterocycles. The average Bonchev–Trinajstić information content (AvgIpc) is 2.68. The van der Waals surface area contributed by atoms with E-state index in [1.807, 2.05) is 6.92 Å². The monoisotopic (exact) mass is 381 g/mol. The van der Waals surface area contributed by atoms with Gasteiger partial charge in [-0.05, 0) is 26.3 Å². The minimum absolute atomic E-state index is 0.0203. The highest BCUT2D eigenvalue weighted by molar-refractivity contribution is 6.13. The van der Waals surface area contributed by atoms with E-state index in [0.29, 0.717) is 6.42 Å². The van der Waals surface area contributed by atoms with Crippen molar-refractivity contribution in [1.82, 2.24) is 0 Å². The van der Waals surface area contributed by atoms with Crippen molar-refractivity contribution < 1.29 is 24.5 Å². The Labute approximate surface area is 162 Å². The summed E-state index contributed by atoms with van der Waals surface area (Å²) >= 11 is 0. The second-order valence-corrected chi connectivity index (χ2v) is 6.71. The molecule has 28 heavy (non-hydrogen) atoms. The number of hydrogen-bond donors (Lipinski definition) is 3. The van der Waals surface area contributed by atoms with Gasteiger partial charge in [0.1, 0.15) is 11.5 Å². The predicted octanol–water partition coefficient (Wildman–Crippen LogP) is 4.27. The Bertz CT molecular complexity index is 1040. The Morgan fingerprint density at radius 1 is 1.14 bits per heavy atom. The molecule has 1 amide bonds. The molecular formula is C20H19N3O5. The van der Waals surface area contributed by atoms with Crippen molar-refractivity contribution in [3.63, 3.8) is 0 Å².